The first kappa shape index (κ1) is 12.0. The van der Waals surface area contributed by atoms with Gasteiger partial charge in [-0.3, -0.25) is 9.69 Å². The minimum Gasteiger partial charge on any atom is -0.481 e. The van der Waals surface area contributed by atoms with Gasteiger partial charge in [-0.05, 0) is 26.3 Å². The highest BCUT2D eigenvalue weighted by Crippen LogP contribution is 2.30. The fourth-order valence-electron chi connectivity index (χ4n) is 2.26. The van der Waals surface area contributed by atoms with Gasteiger partial charge < -0.3 is 9.63 Å². The van der Waals surface area contributed by atoms with E-state index < -0.39 is 11.4 Å². The lowest BCUT2D eigenvalue weighted by atomic mass is 9.82. The second kappa shape index (κ2) is 4.44. The van der Waals surface area contributed by atoms with Crippen molar-refractivity contribution in [1.82, 2.24) is 15.0 Å². The molecule has 2 heterocycles. The van der Waals surface area contributed by atoms with Crippen LogP contribution in [-0.4, -0.2) is 39.2 Å². The third kappa shape index (κ3) is 2.63. The molecule has 1 fully saturated rings. The maximum absolute atomic E-state index is 11.2. The number of hydrogen-bond acceptors (Lipinski definition) is 5. The molecule has 6 nitrogen and oxygen atoms in total. The van der Waals surface area contributed by atoms with Gasteiger partial charge in [-0.25, -0.2) is 0 Å². The number of hydrogen-bond donors (Lipinski definition) is 1. The molecule has 17 heavy (non-hydrogen) atoms. The van der Waals surface area contributed by atoms with Crippen molar-refractivity contribution in [3.8, 4) is 0 Å². The summed E-state index contributed by atoms with van der Waals surface area (Å²) in [5.74, 6) is 0.432. The summed E-state index contributed by atoms with van der Waals surface area (Å²) in [5, 5.41) is 13.0. The number of carboxylic acids is 1. The summed E-state index contributed by atoms with van der Waals surface area (Å²) in [4.78, 5) is 17.4. The highest BCUT2D eigenvalue weighted by molar-refractivity contribution is 5.74. The van der Waals surface area contributed by atoms with E-state index in [0.29, 0.717) is 24.8 Å². The van der Waals surface area contributed by atoms with Crippen LogP contribution in [-0.2, 0) is 11.3 Å². The number of likely N-dealkylation sites (tertiary alicyclic amines) is 1. The van der Waals surface area contributed by atoms with E-state index >= 15 is 0 Å². The third-order valence-corrected chi connectivity index (χ3v) is 3.23. The van der Waals surface area contributed by atoms with Gasteiger partial charge in [0.15, 0.2) is 5.82 Å². The Bertz CT molecular complexity index is 418. The quantitative estimate of drug-likeness (QED) is 0.849. The Kier molecular flexibility index (Phi) is 3.15. The van der Waals surface area contributed by atoms with Crippen molar-refractivity contribution in [2.75, 3.05) is 13.1 Å². The number of nitrogens with zero attached hydrogens (tertiary/aromatic N) is 3. The lowest BCUT2D eigenvalue weighted by Crippen LogP contribution is -2.45. The molecule has 2 rings (SSSR count). The van der Waals surface area contributed by atoms with Gasteiger partial charge in [0, 0.05) is 13.5 Å². The van der Waals surface area contributed by atoms with Crippen LogP contribution in [0.1, 0.15) is 31.5 Å². The van der Waals surface area contributed by atoms with Crippen molar-refractivity contribution in [3.63, 3.8) is 0 Å². The monoisotopic (exact) mass is 239 g/mol. The van der Waals surface area contributed by atoms with Gasteiger partial charge in [0.25, 0.3) is 0 Å². The first-order chi connectivity index (χ1) is 7.99. The van der Waals surface area contributed by atoms with Crippen LogP contribution < -0.4 is 0 Å². The second-order valence-electron chi connectivity index (χ2n) is 4.91. The van der Waals surface area contributed by atoms with Crippen molar-refractivity contribution >= 4 is 5.97 Å². The van der Waals surface area contributed by atoms with Crippen LogP contribution in [0, 0.1) is 12.3 Å². The van der Waals surface area contributed by atoms with E-state index in [4.69, 9.17) is 4.52 Å². The topological polar surface area (TPSA) is 79.5 Å². The summed E-state index contributed by atoms with van der Waals surface area (Å²) >= 11 is 0. The maximum Gasteiger partial charge on any atom is 0.310 e. The van der Waals surface area contributed by atoms with Gasteiger partial charge in [0.2, 0.25) is 5.89 Å². The van der Waals surface area contributed by atoms with E-state index in [2.05, 4.69) is 15.0 Å². The van der Waals surface area contributed by atoms with E-state index in [1.54, 1.807) is 13.8 Å². The SMILES string of the molecule is Cc1nc(CN2CCCC(C)(C(=O)O)C2)no1. The molecule has 0 spiro atoms. The summed E-state index contributed by atoms with van der Waals surface area (Å²) in [6.07, 6.45) is 1.61. The van der Waals surface area contributed by atoms with Crippen molar-refractivity contribution in [2.24, 2.45) is 5.41 Å². The number of carbonyl (C=O) groups is 1. The number of carboxylic acid groups (broad SMARTS) is 1. The fourth-order valence-corrected chi connectivity index (χ4v) is 2.26. The Labute approximate surface area is 99.6 Å². The number of rotatable bonds is 3. The molecule has 0 saturated carbocycles. The summed E-state index contributed by atoms with van der Waals surface area (Å²) < 4.78 is 4.90. The molecule has 1 aliphatic heterocycles. The van der Waals surface area contributed by atoms with Gasteiger partial charge in [-0.15, -0.1) is 0 Å². The molecule has 0 bridgehead atoms. The average Bonchev–Trinajstić information content (AvgIpc) is 2.64. The molecule has 1 unspecified atom stereocenters. The Balaban J connectivity index is 2.00. The largest absolute Gasteiger partial charge is 0.481 e. The predicted molar refractivity (Wildman–Crippen MR) is 59.3 cm³/mol. The Morgan fingerprint density at radius 1 is 1.65 bits per heavy atom. The average molecular weight is 239 g/mol. The molecular formula is C11H17N3O3. The number of aromatic nitrogens is 2. The number of aliphatic carboxylic acids is 1. The molecule has 0 amide bonds. The molecule has 1 aliphatic rings. The van der Waals surface area contributed by atoms with Crippen molar-refractivity contribution in [2.45, 2.75) is 33.2 Å². The van der Waals surface area contributed by atoms with Gasteiger partial charge in [0.05, 0.1) is 12.0 Å². The Morgan fingerprint density at radius 3 is 3.00 bits per heavy atom. The van der Waals surface area contributed by atoms with E-state index in [9.17, 15) is 9.90 Å². The van der Waals surface area contributed by atoms with Crippen LogP contribution in [0.3, 0.4) is 0 Å². The molecule has 0 aromatic carbocycles. The first-order valence-corrected chi connectivity index (χ1v) is 5.74. The lowest BCUT2D eigenvalue weighted by molar-refractivity contribution is -0.151. The van der Waals surface area contributed by atoms with Crippen LogP contribution in [0.15, 0.2) is 4.52 Å². The maximum atomic E-state index is 11.2. The molecule has 94 valence electrons. The zero-order valence-corrected chi connectivity index (χ0v) is 10.1. The molecular weight excluding hydrogens is 222 g/mol. The summed E-state index contributed by atoms with van der Waals surface area (Å²) in [5.41, 5.74) is -0.656. The third-order valence-electron chi connectivity index (χ3n) is 3.23. The highest BCUT2D eigenvalue weighted by Gasteiger charge is 2.37. The van der Waals surface area contributed by atoms with Crippen LogP contribution in [0.4, 0.5) is 0 Å². The number of aryl methyl sites for hydroxylation is 1. The van der Waals surface area contributed by atoms with Crippen LogP contribution in [0.25, 0.3) is 0 Å². The predicted octanol–water partition coefficient (Wildman–Crippen LogP) is 1.06. The molecule has 1 aromatic heterocycles. The molecule has 1 N–H and O–H groups in total. The summed E-state index contributed by atoms with van der Waals surface area (Å²) in [6, 6.07) is 0. The van der Waals surface area contributed by atoms with E-state index in [0.717, 1.165) is 19.4 Å². The minimum atomic E-state index is -0.730. The normalized spacial score (nSPS) is 26.0. The highest BCUT2D eigenvalue weighted by atomic mass is 16.5. The lowest BCUT2D eigenvalue weighted by Gasteiger charge is -2.36. The minimum absolute atomic E-state index is 0.538. The molecule has 1 atom stereocenters. The van der Waals surface area contributed by atoms with Crippen molar-refractivity contribution < 1.29 is 14.4 Å². The summed E-state index contributed by atoms with van der Waals surface area (Å²) in [7, 11) is 0. The molecule has 0 aliphatic carbocycles. The van der Waals surface area contributed by atoms with Gasteiger partial charge in [-0.2, -0.15) is 4.98 Å². The Hall–Kier alpha value is -1.43. The first-order valence-electron chi connectivity index (χ1n) is 5.74. The van der Waals surface area contributed by atoms with Crippen molar-refractivity contribution in [3.05, 3.63) is 11.7 Å². The standard InChI is InChI=1S/C11H17N3O3/c1-8-12-9(13-17-8)6-14-5-3-4-11(2,7-14)10(15)16/h3-7H2,1-2H3,(H,15,16). The fraction of sp³-hybridized carbons (Fsp3) is 0.727. The van der Waals surface area contributed by atoms with Crippen LogP contribution in [0.5, 0.6) is 0 Å². The molecule has 1 saturated heterocycles. The smallest absolute Gasteiger partial charge is 0.310 e. The van der Waals surface area contributed by atoms with Crippen molar-refractivity contribution in [1.29, 1.82) is 0 Å². The van der Waals surface area contributed by atoms with Gasteiger partial charge >= 0.3 is 5.97 Å². The van der Waals surface area contributed by atoms with Crippen LogP contribution in [0.2, 0.25) is 0 Å². The summed E-state index contributed by atoms with van der Waals surface area (Å²) in [6.45, 7) is 5.52. The zero-order valence-electron chi connectivity index (χ0n) is 10.1. The molecule has 1 aromatic rings. The molecule has 6 heteroatoms. The Morgan fingerprint density at radius 2 is 2.41 bits per heavy atom. The van der Waals surface area contributed by atoms with Gasteiger partial charge in [-0.1, -0.05) is 5.16 Å². The van der Waals surface area contributed by atoms with E-state index in [1.807, 2.05) is 0 Å². The second-order valence-corrected chi connectivity index (χ2v) is 4.91. The van der Waals surface area contributed by atoms with E-state index in [1.165, 1.54) is 0 Å². The number of piperidine rings is 1. The zero-order chi connectivity index (χ0) is 12.5. The van der Waals surface area contributed by atoms with Gasteiger partial charge in [0.1, 0.15) is 0 Å². The van der Waals surface area contributed by atoms with Crippen LogP contribution >= 0.6 is 0 Å². The molecule has 0 radical (unpaired) electrons. The van der Waals surface area contributed by atoms with E-state index in [-0.39, 0.29) is 0 Å².